The van der Waals surface area contributed by atoms with Crippen molar-refractivity contribution in [3.8, 4) is 0 Å². The molecule has 0 aliphatic heterocycles. The van der Waals surface area contributed by atoms with Crippen LogP contribution >= 0.6 is 11.8 Å². The summed E-state index contributed by atoms with van der Waals surface area (Å²) in [6, 6.07) is 4.79. The van der Waals surface area contributed by atoms with Crippen molar-refractivity contribution in [2.75, 3.05) is 6.61 Å². The first-order valence-corrected chi connectivity index (χ1v) is 6.25. The number of aliphatic hydroxyl groups is 1. The van der Waals surface area contributed by atoms with Crippen molar-refractivity contribution in [3.05, 3.63) is 29.6 Å². The summed E-state index contributed by atoms with van der Waals surface area (Å²) in [5.41, 5.74) is 6.63. The zero-order chi connectivity index (χ0) is 12.1. The normalized spacial score (nSPS) is 14.8. The Morgan fingerprint density at radius 3 is 2.69 bits per heavy atom. The molecule has 90 valence electrons. The van der Waals surface area contributed by atoms with Gasteiger partial charge in [0.2, 0.25) is 0 Å². The summed E-state index contributed by atoms with van der Waals surface area (Å²) in [6.07, 6.45) is 0.650. The van der Waals surface area contributed by atoms with Gasteiger partial charge >= 0.3 is 0 Å². The van der Waals surface area contributed by atoms with Gasteiger partial charge in [-0.1, -0.05) is 19.1 Å². The van der Waals surface area contributed by atoms with Crippen molar-refractivity contribution in [1.82, 2.24) is 0 Å². The van der Waals surface area contributed by atoms with Gasteiger partial charge in [0.05, 0.1) is 0 Å². The fourth-order valence-corrected chi connectivity index (χ4v) is 2.65. The molecule has 0 radical (unpaired) electrons. The third-order valence-electron chi connectivity index (χ3n) is 2.34. The fraction of sp³-hybridized carbons (Fsp3) is 0.500. The Kier molecular flexibility index (Phi) is 5.25. The molecule has 16 heavy (non-hydrogen) atoms. The second-order valence-corrected chi connectivity index (χ2v) is 5.34. The lowest BCUT2D eigenvalue weighted by atomic mass is 10.1. The third kappa shape index (κ3) is 3.47. The monoisotopic (exact) mass is 243 g/mol. The van der Waals surface area contributed by atoms with Crippen LogP contribution in [0.15, 0.2) is 23.1 Å². The minimum absolute atomic E-state index is 0.121. The Morgan fingerprint density at radius 1 is 1.44 bits per heavy atom. The lowest BCUT2D eigenvalue weighted by Gasteiger charge is -2.16. The third-order valence-corrected chi connectivity index (χ3v) is 3.65. The van der Waals surface area contributed by atoms with E-state index >= 15 is 0 Å². The zero-order valence-electron chi connectivity index (χ0n) is 9.61. The summed E-state index contributed by atoms with van der Waals surface area (Å²) < 4.78 is 13.7. The van der Waals surface area contributed by atoms with Crippen molar-refractivity contribution < 1.29 is 9.50 Å². The smallest absolute Gasteiger partial charge is 0.137 e. The van der Waals surface area contributed by atoms with Crippen LogP contribution in [-0.4, -0.2) is 17.0 Å². The highest BCUT2D eigenvalue weighted by Gasteiger charge is 2.14. The lowest BCUT2D eigenvalue weighted by molar-refractivity contribution is 0.289. The summed E-state index contributed by atoms with van der Waals surface area (Å²) in [5.74, 6) is -0.232. The number of aliphatic hydroxyl groups excluding tert-OH is 1. The van der Waals surface area contributed by atoms with Crippen LogP contribution in [-0.2, 0) is 0 Å². The SMILES string of the molecule is CC(CCO)Sc1c(F)cccc1[C@H](C)N. The highest BCUT2D eigenvalue weighted by molar-refractivity contribution is 8.00. The van der Waals surface area contributed by atoms with Crippen molar-refractivity contribution in [3.63, 3.8) is 0 Å². The second-order valence-electron chi connectivity index (χ2n) is 3.89. The molecule has 0 aliphatic carbocycles. The van der Waals surface area contributed by atoms with Gasteiger partial charge in [0.15, 0.2) is 0 Å². The van der Waals surface area contributed by atoms with Crippen molar-refractivity contribution >= 4 is 11.8 Å². The van der Waals surface area contributed by atoms with Gasteiger partial charge in [-0.2, -0.15) is 0 Å². The van der Waals surface area contributed by atoms with E-state index in [9.17, 15) is 4.39 Å². The summed E-state index contributed by atoms with van der Waals surface area (Å²) >= 11 is 1.43. The fourth-order valence-electron chi connectivity index (χ4n) is 1.45. The second kappa shape index (κ2) is 6.23. The van der Waals surface area contributed by atoms with E-state index in [4.69, 9.17) is 10.8 Å². The minimum Gasteiger partial charge on any atom is -0.396 e. The minimum atomic E-state index is -0.232. The van der Waals surface area contributed by atoms with Gasteiger partial charge in [-0.15, -0.1) is 11.8 Å². The number of rotatable bonds is 5. The molecule has 0 amide bonds. The molecule has 0 aliphatic rings. The van der Waals surface area contributed by atoms with Gasteiger partial charge in [-0.25, -0.2) is 4.39 Å². The van der Waals surface area contributed by atoms with Crippen molar-refractivity contribution in [2.24, 2.45) is 5.73 Å². The van der Waals surface area contributed by atoms with Gasteiger partial charge in [0.1, 0.15) is 5.82 Å². The summed E-state index contributed by atoms with van der Waals surface area (Å²) in [7, 11) is 0. The molecule has 0 aromatic heterocycles. The van der Waals surface area contributed by atoms with E-state index in [1.807, 2.05) is 19.9 Å². The molecule has 3 N–H and O–H groups in total. The van der Waals surface area contributed by atoms with E-state index in [1.54, 1.807) is 6.07 Å². The number of hydrogen-bond donors (Lipinski definition) is 2. The molecule has 1 aromatic rings. The molecule has 4 heteroatoms. The molecule has 0 fully saturated rings. The van der Waals surface area contributed by atoms with Crippen LogP contribution in [0.1, 0.15) is 31.9 Å². The van der Waals surface area contributed by atoms with Crippen LogP contribution in [0.5, 0.6) is 0 Å². The van der Waals surface area contributed by atoms with E-state index in [-0.39, 0.29) is 23.7 Å². The van der Waals surface area contributed by atoms with E-state index < -0.39 is 0 Å². The predicted molar refractivity (Wildman–Crippen MR) is 66.0 cm³/mol. The Bertz CT molecular complexity index is 344. The standard InChI is InChI=1S/C12H18FNOS/c1-8(6-7-15)16-12-10(9(2)14)4-3-5-11(12)13/h3-5,8-9,15H,6-7,14H2,1-2H3/t8?,9-/m0/s1. The Balaban J connectivity index is 2.92. The molecule has 1 aromatic carbocycles. The Labute approximate surface area is 100 Å². The number of benzene rings is 1. The summed E-state index contributed by atoms with van der Waals surface area (Å²) in [5, 5.41) is 9.01. The zero-order valence-corrected chi connectivity index (χ0v) is 10.4. The van der Waals surface area contributed by atoms with E-state index in [2.05, 4.69) is 0 Å². The van der Waals surface area contributed by atoms with Gasteiger partial charge in [0.25, 0.3) is 0 Å². The van der Waals surface area contributed by atoms with Crippen LogP contribution in [0, 0.1) is 5.82 Å². The van der Waals surface area contributed by atoms with Crippen LogP contribution in [0.3, 0.4) is 0 Å². The van der Waals surface area contributed by atoms with E-state index in [0.717, 1.165) is 5.56 Å². The maximum Gasteiger partial charge on any atom is 0.137 e. The number of hydrogen-bond acceptors (Lipinski definition) is 3. The van der Waals surface area contributed by atoms with E-state index in [1.165, 1.54) is 17.8 Å². The molecule has 2 atom stereocenters. The van der Waals surface area contributed by atoms with E-state index in [0.29, 0.717) is 11.3 Å². The van der Waals surface area contributed by atoms with Gasteiger partial charge in [-0.05, 0) is 25.0 Å². The molecule has 1 unspecified atom stereocenters. The average molecular weight is 243 g/mol. The van der Waals surface area contributed by atoms with Crippen LogP contribution in [0.25, 0.3) is 0 Å². The van der Waals surface area contributed by atoms with Crippen molar-refractivity contribution in [1.29, 1.82) is 0 Å². The maximum absolute atomic E-state index is 13.7. The molecule has 0 bridgehead atoms. The van der Waals surface area contributed by atoms with Crippen molar-refractivity contribution in [2.45, 2.75) is 36.5 Å². The largest absolute Gasteiger partial charge is 0.396 e. The molecule has 2 nitrogen and oxygen atoms in total. The number of nitrogens with two attached hydrogens (primary N) is 1. The molecular weight excluding hydrogens is 225 g/mol. The van der Waals surface area contributed by atoms with Crippen LogP contribution < -0.4 is 5.73 Å². The highest BCUT2D eigenvalue weighted by Crippen LogP contribution is 2.33. The number of halogens is 1. The predicted octanol–water partition coefficient (Wildman–Crippen LogP) is 2.71. The summed E-state index contributed by atoms with van der Waals surface area (Å²) in [6.45, 7) is 3.93. The molecule has 0 saturated carbocycles. The quantitative estimate of drug-likeness (QED) is 0.782. The first kappa shape index (κ1) is 13.5. The summed E-state index contributed by atoms with van der Waals surface area (Å²) in [4.78, 5) is 0.610. The Hall–Kier alpha value is -0.580. The highest BCUT2D eigenvalue weighted by atomic mass is 32.2. The van der Waals surface area contributed by atoms with Crippen LogP contribution in [0.4, 0.5) is 4.39 Å². The first-order chi connectivity index (χ1) is 7.56. The topological polar surface area (TPSA) is 46.2 Å². The van der Waals surface area contributed by atoms with Gasteiger partial charge in [-0.3, -0.25) is 0 Å². The van der Waals surface area contributed by atoms with Gasteiger partial charge in [0, 0.05) is 22.8 Å². The lowest BCUT2D eigenvalue weighted by Crippen LogP contribution is -2.09. The average Bonchev–Trinajstić information content (AvgIpc) is 2.21. The molecular formula is C12H18FNOS. The van der Waals surface area contributed by atoms with Gasteiger partial charge < -0.3 is 10.8 Å². The molecule has 0 spiro atoms. The maximum atomic E-state index is 13.7. The Morgan fingerprint density at radius 2 is 2.12 bits per heavy atom. The molecule has 1 rings (SSSR count). The molecule has 0 saturated heterocycles. The molecule has 0 heterocycles. The first-order valence-electron chi connectivity index (χ1n) is 5.37. The number of thioether (sulfide) groups is 1. The van der Waals surface area contributed by atoms with Crippen LogP contribution in [0.2, 0.25) is 0 Å².